The molecule has 0 amide bonds. The Labute approximate surface area is 199 Å². The minimum absolute atomic E-state index is 0.0393. The topological polar surface area (TPSA) is 43.4 Å². The molecule has 0 saturated heterocycles. The van der Waals surface area contributed by atoms with E-state index in [4.69, 9.17) is 4.18 Å². The molecule has 0 aromatic heterocycles. The predicted molar refractivity (Wildman–Crippen MR) is 133 cm³/mol. The Balaban J connectivity index is 1.55. The van der Waals surface area contributed by atoms with Crippen molar-refractivity contribution in [2.45, 2.75) is 106 Å². The smallest absolute Gasteiger partial charge is 0.264 e. The molecule has 0 N–H and O–H groups in total. The van der Waals surface area contributed by atoms with Gasteiger partial charge in [0.25, 0.3) is 10.1 Å². The summed E-state index contributed by atoms with van der Waals surface area (Å²) in [6.45, 7) is 15.2. The van der Waals surface area contributed by atoms with E-state index in [1.54, 1.807) is 0 Å². The molecular formula is C28H50O3S. The highest BCUT2D eigenvalue weighted by atomic mass is 32.2. The van der Waals surface area contributed by atoms with Crippen LogP contribution in [-0.4, -0.2) is 21.3 Å². The van der Waals surface area contributed by atoms with Gasteiger partial charge < -0.3 is 0 Å². The van der Waals surface area contributed by atoms with E-state index in [9.17, 15) is 8.42 Å². The van der Waals surface area contributed by atoms with E-state index < -0.39 is 10.1 Å². The molecule has 3 nitrogen and oxygen atoms in total. The van der Waals surface area contributed by atoms with E-state index in [0.717, 1.165) is 35.5 Å². The van der Waals surface area contributed by atoms with Crippen LogP contribution in [-0.2, 0) is 14.3 Å². The third-order valence-corrected chi connectivity index (χ3v) is 12.3. The van der Waals surface area contributed by atoms with Crippen molar-refractivity contribution in [3.8, 4) is 0 Å². The standard InChI is InChI=1S/C28H50O3S/c1-19(2)9-8-10-20(3)23-11-12-24-22-17-28(18-31-32(7,29)30)21(4)13-16-27(28,6)25(22)14-15-26(23,24)5/h19-25H,8-18H2,1-7H3/t20-,21+,22+,23-,24+,25+,26-,27-,28+/m1/s1. The molecule has 0 heterocycles. The third kappa shape index (κ3) is 3.91. The molecule has 4 rings (SSSR count). The lowest BCUT2D eigenvalue weighted by atomic mass is 9.54. The molecule has 0 radical (unpaired) electrons. The van der Waals surface area contributed by atoms with E-state index in [1.807, 2.05) is 0 Å². The van der Waals surface area contributed by atoms with Crippen LogP contribution in [0.5, 0.6) is 0 Å². The zero-order valence-corrected chi connectivity index (χ0v) is 22.8. The summed E-state index contributed by atoms with van der Waals surface area (Å²) in [7, 11) is -3.40. The summed E-state index contributed by atoms with van der Waals surface area (Å²) in [4.78, 5) is 0. The average molecular weight is 467 g/mol. The maximum absolute atomic E-state index is 12.0. The van der Waals surface area contributed by atoms with E-state index >= 15 is 0 Å². The fraction of sp³-hybridized carbons (Fsp3) is 1.00. The second kappa shape index (κ2) is 8.54. The summed E-state index contributed by atoms with van der Waals surface area (Å²) in [5.74, 6) is 5.41. The van der Waals surface area contributed by atoms with E-state index in [2.05, 4.69) is 41.5 Å². The molecule has 4 heteroatoms. The van der Waals surface area contributed by atoms with Gasteiger partial charge in [0, 0.05) is 5.41 Å². The number of hydrogen-bond acceptors (Lipinski definition) is 3. The van der Waals surface area contributed by atoms with Gasteiger partial charge in [-0.2, -0.15) is 8.42 Å². The van der Waals surface area contributed by atoms with Crippen LogP contribution in [0.25, 0.3) is 0 Å². The van der Waals surface area contributed by atoms with Gasteiger partial charge in [0.15, 0.2) is 0 Å². The molecule has 32 heavy (non-hydrogen) atoms. The fourth-order valence-electron chi connectivity index (χ4n) is 9.98. The Bertz CT molecular complexity index is 790. The summed E-state index contributed by atoms with van der Waals surface area (Å²) in [5, 5.41) is 0. The molecule has 4 aliphatic rings. The Morgan fingerprint density at radius 2 is 1.69 bits per heavy atom. The van der Waals surface area contributed by atoms with Gasteiger partial charge in [-0.1, -0.05) is 60.8 Å². The van der Waals surface area contributed by atoms with E-state index in [1.165, 1.54) is 70.5 Å². The van der Waals surface area contributed by atoms with Crippen molar-refractivity contribution in [1.29, 1.82) is 0 Å². The van der Waals surface area contributed by atoms with Crippen LogP contribution >= 0.6 is 0 Å². The van der Waals surface area contributed by atoms with Gasteiger partial charge in [-0.05, 0) is 97.2 Å². The molecule has 4 fully saturated rings. The maximum atomic E-state index is 12.0. The maximum Gasteiger partial charge on any atom is 0.264 e. The zero-order valence-electron chi connectivity index (χ0n) is 22.0. The lowest BCUT2D eigenvalue weighted by Crippen LogP contribution is -2.45. The van der Waals surface area contributed by atoms with Crippen molar-refractivity contribution >= 4 is 10.1 Å². The summed E-state index contributed by atoms with van der Waals surface area (Å²) in [6.07, 6.45) is 14.6. The first-order valence-electron chi connectivity index (χ1n) is 13.7. The van der Waals surface area contributed by atoms with Gasteiger partial charge >= 0.3 is 0 Å². The minimum atomic E-state index is -3.40. The monoisotopic (exact) mass is 466 g/mol. The molecule has 0 aromatic carbocycles. The van der Waals surface area contributed by atoms with Crippen LogP contribution in [0.3, 0.4) is 0 Å². The van der Waals surface area contributed by atoms with Gasteiger partial charge in [0.05, 0.1) is 12.9 Å². The average Bonchev–Trinajstić information content (AvgIpc) is 3.25. The number of hydrogen-bond donors (Lipinski definition) is 0. The van der Waals surface area contributed by atoms with Crippen molar-refractivity contribution in [3.05, 3.63) is 0 Å². The normalized spacial score (nSPS) is 46.8. The van der Waals surface area contributed by atoms with Crippen LogP contribution in [0.2, 0.25) is 0 Å². The molecule has 0 aliphatic heterocycles. The van der Waals surface area contributed by atoms with Crippen molar-refractivity contribution in [2.75, 3.05) is 12.9 Å². The first-order valence-corrected chi connectivity index (χ1v) is 15.5. The molecule has 0 unspecified atom stereocenters. The molecule has 0 bridgehead atoms. The number of rotatable bonds is 8. The fourth-order valence-corrected chi connectivity index (χ4v) is 10.4. The van der Waals surface area contributed by atoms with Gasteiger partial charge in [0.2, 0.25) is 0 Å². The molecule has 0 spiro atoms. The van der Waals surface area contributed by atoms with Crippen molar-refractivity contribution in [1.82, 2.24) is 0 Å². The Morgan fingerprint density at radius 1 is 0.969 bits per heavy atom. The van der Waals surface area contributed by atoms with Gasteiger partial charge in [-0.3, -0.25) is 4.18 Å². The van der Waals surface area contributed by atoms with Crippen LogP contribution in [0.15, 0.2) is 0 Å². The van der Waals surface area contributed by atoms with Gasteiger partial charge in [0.1, 0.15) is 0 Å². The largest absolute Gasteiger partial charge is 0.270 e. The van der Waals surface area contributed by atoms with Crippen LogP contribution in [0.1, 0.15) is 106 Å². The van der Waals surface area contributed by atoms with Crippen molar-refractivity contribution in [2.24, 2.45) is 57.7 Å². The SMILES string of the molecule is CC(C)CCC[C@@H](C)[C@H]1CC[C@H]2[C@@H]3C[C@]4(COS(C)(=O)=O)[C@@H](C)CC[C@]4(C)[C@H]3CC[C@]12C. The quantitative estimate of drug-likeness (QED) is 0.352. The molecule has 0 aromatic rings. The first kappa shape index (κ1) is 25.0. The highest BCUT2D eigenvalue weighted by Crippen LogP contribution is 2.76. The molecule has 4 saturated carbocycles. The Hall–Kier alpha value is -0.0900. The van der Waals surface area contributed by atoms with Crippen LogP contribution in [0.4, 0.5) is 0 Å². The molecule has 186 valence electrons. The van der Waals surface area contributed by atoms with Gasteiger partial charge in [-0.25, -0.2) is 0 Å². The lowest BCUT2D eigenvalue weighted by molar-refractivity contribution is -0.0274. The summed E-state index contributed by atoms with van der Waals surface area (Å²) in [6, 6.07) is 0. The zero-order chi connectivity index (χ0) is 23.5. The Morgan fingerprint density at radius 3 is 2.34 bits per heavy atom. The van der Waals surface area contributed by atoms with Crippen molar-refractivity contribution in [3.63, 3.8) is 0 Å². The Kier molecular flexibility index (Phi) is 6.67. The summed E-state index contributed by atoms with van der Waals surface area (Å²) < 4.78 is 29.5. The number of fused-ring (bicyclic) bond motifs is 5. The molecule has 4 aliphatic carbocycles. The lowest BCUT2D eigenvalue weighted by Gasteiger charge is -2.51. The van der Waals surface area contributed by atoms with E-state index in [0.29, 0.717) is 17.9 Å². The molecule has 9 atom stereocenters. The van der Waals surface area contributed by atoms with Gasteiger partial charge in [-0.15, -0.1) is 0 Å². The second-order valence-electron chi connectivity index (χ2n) is 13.6. The summed E-state index contributed by atoms with van der Waals surface area (Å²) in [5.41, 5.74) is 0.761. The molecular weight excluding hydrogens is 416 g/mol. The van der Waals surface area contributed by atoms with Crippen LogP contribution in [0, 0.1) is 57.7 Å². The minimum Gasteiger partial charge on any atom is -0.270 e. The first-order chi connectivity index (χ1) is 14.8. The summed E-state index contributed by atoms with van der Waals surface area (Å²) >= 11 is 0. The van der Waals surface area contributed by atoms with Crippen molar-refractivity contribution < 1.29 is 12.6 Å². The third-order valence-electron chi connectivity index (χ3n) is 11.8. The second-order valence-corrected chi connectivity index (χ2v) is 15.2. The highest BCUT2D eigenvalue weighted by molar-refractivity contribution is 7.85. The highest BCUT2D eigenvalue weighted by Gasteiger charge is 2.70. The van der Waals surface area contributed by atoms with E-state index in [-0.39, 0.29) is 10.8 Å². The predicted octanol–water partition coefficient (Wildman–Crippen LogP) is 7.31. The van der Waals surface area contributed by atoms with Crippen LogP contribution < -0.4 is 0 Å².